The molecule has 0 spiro atoms. The highest BCUT2D eigenvalue weighted by Gasteiger charge is 2.15. The second-order valence-corrected chi connectivity index (χ2v) is 7.04. The summed E-state index contributed by atoms with van der Waals surface area (Å²) in [7, 11) is 0. The van der Waals surface area contributed by atoms with Crippen LogP contribution in [0.25, 0.3) is 0 Å². The van der Waals surface area contributed by atoms with Crippen LogP contribution in [0.5, 0.6) is 0 Å². The molecule has 1 N–H and O–H groups in total. The molecule has 0 saturated heterocycles. The van der Waals surface area contributed by atoms with Crippen LogP contribution in [0.3, 0.4) is 0 Å². The van der Waals surface area contributed by atoms with Crippen LogP contribution in [0.15, 0.2) is 91.0 Å². The van der Waals surface area contributed by atoms with Crippen LogP contribution < -0.4 is 0 Å². The molecule has 3 aromatic rings. The minimum atomic E-state index is -0.700. The van der Waals surface area contributed by atoms with Crippen LogP contribution >= 0.6 is 12.6 Å². The molecule has 0 saturated carbocycles. The first kappa shape index (κ1) is 21.8. The van der Waals surface area contributed by atoms with E-state index >= 15 is 0 Å². The van der Waals surface area contributed by atoms with E-state index in [1.54, 1.807) is 0 Å². The van der Waals surface area contributed by atoms with Crippen LogP contribution in [0.2, 0.25) is 0 Å². The molecule has 0 atom stereocenters. The van der Waals surface area contributed by atoms with E-state index in [1.165, 1.54) is 16.7 Å². The van der Waals surface area contributed by atoms with Crippen molar-refractivity contribution in [2.75, 3.05) is 5.75 Å². The summed E-state index contributed by atoms with van der Waals surface area (Å²) in [5.41, 5.74) is 4.00. The lowest BCUT2D eigenvalue weighted by Crippen LogP contribution is -2.02. The Hall–Kier alpha value is -2.52. The van der Waals surface area contributed by atoms with Crippen molar-refractivity contribution < 1.29 is 9.90 Å². The quantitative estimate of drug-likeness (QED) is 0.263. The number of aliphatic carboxylic acids is 1. The lowest BCUT2D eigenvalue weighted by Gasteiger charge is -2.18. The van der Waals surface area contributed by atoms with E-state index < -0.39 is 5.97 Å². The molecule has 3 rings (SSSR count). The maximum atomic E-state index is 9.94. The summed E-state index contributed by atoms with van der Waals surface area (Å²) in [6.45, 7) is 0. The van der Waals surface area contributed by atoms with Gasteiger partial charge in [0.05, 0.1) is 0 Å². The summed E-state index contributed by atoms with van der Waals surface area (Å²) >= 11 is 4.00. The lowest BCUT2D eigenvalue weighted by atomic mass is 9.85. The van der Waals surface area contributed by atoms with E-state index in [0.29, 0.717) is 12.3 Å². The van der Waals surface area contributed by atoms with E-state index in [9.17, 15) is 4.79 Å². The van der Waals surface area contributed by atoms with Gasteiger partial charge in [-0.15, -0.1) is 0 Å². The number of carboxylic acids is 1. The van der Waals surface area contributed by atoms with Gasteiger partial charge in [0, 0.05) is 12.3 Å². The second kappa shape index (κ2) is 12.8. The Balaban J connectivity index is 0.000000266. The molecule has 0 aliphatic carbocycles. The minimum absolute atomic E-state index is 0.299. The SMILES string of the molecule is O=C(O)CCCCCS.c1ccc(C(c2ccccc2)c2ccccc2)cc1. The highest BCUT2D eigenvalue weighted by molar-refractivity contribution is 7.80. The smallest absolute Gasteiger partial charge is 0.303 e. The molecule has 0 aliphatic rings. The fourth-order valence-electron chi connectivity index (χ4n) is 3.08. The van der Waals surface area contributed by atoms with Crippen LogP contribution in [0.1, 0.15) is 48.3 Å². The molecule has 2 nitrogen and oxygen atoms in total. The molecule has 3 aromatic carbocycles. The first-order valence-electron chi connectivity index (χ1n) is 9.70. The first-order chi connectivity index (χ1) is 13.7. The molecule has 3 heteroatoms. The third-order valence-corrected chi connectivity index (χ3v) is 4.76. The fraction of sp³-hybridized carbons (Fsp3) is 0.240. The summed E-state index contributed by atoms with van der Waals surface area (Å²) in [4.78, 5) is 9.94. The summed E-state index contributed by atoms with van der Waals surface area (Å²) in [5.74, 6) is 0.470. The van der Waals surface area contributed by atoms with Crippen LogP contribution in [0, 0.1) is 0 Å². The largest absolute Gasteiger partial charge is 0.481 e. The van der Waals surface area contributed by atoms with Gasteiger partial charge in [-0.05, 0) is 35.3 Å². The van der Waals surface area contributed by atoms with Gasteiger partial charge in [0.15, 0.2) is 0 Å². The molecule has 28 heavy (non-hydrogen) atoms. The summed E-state index contributed by atoms with van der Waals surface area (Å²) in [6.07, 6.45) is 3.09. The van der Waals surface area contributed by atoms with E-state index in [0.717, 1.165) is 25.0 Å². The van der Waals surface area contributed by atoms with Crippen molar-refractivity contribution in [2.24, 2.45) is 0 Å². The molecule has 0 aliphatic heterocycles. The van der Waals surface area contributed by atoms with E-state index in [4.69, 9.17) is 5.11 Å². The van der Waals surface area contributed by atoms with Crippen molar-refractivity contribution >= 4 is 18.6 Å². The van der Waals surface area contributed by atoms with Gasteiger partial charge in [-0.2, -0.15) is 12.6 Å². The maximum absolute atomic E-state index is 9.94. The minimum Gasteiger partial charge on any atom is -0.481 e. The number of hydrogen-bond acceptors (Lipinski definition) is 2. The average molecular weight is 393 g/mol. The van der Waals surface area contributed by atoms with Crippen molar-refractivity contribution in [3.63, 3.8) is 0 Å². The van der Waals surface area contributed by atoms with E-state index in [-0.39, 0.29) is 0 Å². The summed E-state index contributed by atoms with van der Waals surface area (Å²) in [6, 6.07) is 32.0. The van der Waals surface area contributed by atoms with Gasteiger partial charge in [0.2, 0.25) is 0 Å². The predicted molar refractivity (Wildman–Crippen MR) is 120 cm³/mol. The van der Waals surface area contributed by atoms with Gasteiger partial charge in [-0.3, -0.25) is 4.79 Å². The third-order valence-electron chi connectivity index (χ3n) is 4.45. The Labute approximate surface area is 173 Å². The van der Waals surface area contributed by atoms with Crippen LogP contribution in [0.4, 0.5) is 0 Å². The Morgan fingerprint density at radius 3 is 1.39 bits per heavy atom. The molecular formula is C25H28O2S. The molecule has 0 bridgehead atoms. The average Bonchev–Trinajstić information content (AvgIpc) is 2.74. The van der Waals surface area contributed by atoms with Crippen molar-refractivity contribution in [1.82, 2.24) is 0 Å². The molecule has 146 valence electrons. The summed E-state index contributed by atoms with van der Waals surface area (Å²) in [5, 5.41) is 8.19. The monoisotopic (exact) mass is 392 g/mol. The zero-order chi connectivity index (χ0) is 20.0. The molecule has 0 fully saturated rings. The molecule has 0 unspecified atom stereocenters. The number of hydrogen-bond donors (Lipinski definition) is 2. The van der Waals surface area contributed by atoms with Crippen molar-refractivity contribution in [1.29, 1.82) is 0 Å². The van der Waals surface area contributed by atoms with Gasteiger partial charge < -0.3 is 5.11 Å². The molecule has 0 aromatic heterocycles. The molecule has 0 amide bonds. The highest BCUT2D eigenvalue weighted by atomic mass is 32.1. The van der Waals surface area contributed by atoms with Gasteiger partial charge in [0.1, 0.15) is 0 Å². The lowest BCUT2D eigenvalue weighted by molar-refractivity contribution is -0.137. The number of unbranched alkanes of at least 4 members (excludes halogenated alkanes) is 2. The predicted octanol–water partition coefficient (Wildman–Crippen LogP) is 6.43. The van der Waals surface area contributed by atoms with Gasteiger partial charge in [-0.25, -0.2) is 0 Å². The van der Waals surface area contributed by atoms with Gasteiger partial charge in [0.25, 0.3) is 0 Å². The number of carboxylic acid groups (broad SMARTS) is 1. The maximum Gasteiger partial charge on any atom is 0.303 e. The van der Waals surface area contributed by atoms with Crippen molar-refractivity contribution in [2.45, 2.75) is 31.6 Å². The van der Waals surface area contributed by atoms with Crippen LogP contribution in [-0.4, -0.2) is 16.8 Å². The topological polar surface area (TPSA) is 37.3 Å². The number of thiol groups is 1. The van der Waals surface area contributed by atoms with E-state index in [1.807, 2.05) is 0 Å². The molecule has 0 heterocycles. The van der Waals surface area contributed by atoms with Crippen LogP contribution in [-0.2, 0) is 4.79 Å². The standard InChI is InChI=1S/C19H16.C6H12O2S/c1-4-10-16(11-5-1)19(17-12-6-2-7-13-17)18-14-8-3-9-15-18;7-6(8)4-2-1-3-5-9/h1-15,19H;9H,1-5H2,(H,7,8). The second-order valence-electron chi connectivity index (χ2n) is 6.59. The Morgan fingerprint density at radius 1 is 0.679 bits per heavy atom. The zero-order valence-corrected chi connectivity index (χ0v) is 17.0. The first-order valence-corrected chi connectivity index (χ1v) is 10.3. The Bertz CT molecular complexity index is 695. The Morgan fingerprint density at radius 2 is 1.07 bits per heavy atom. The summed E-state index contributed by atoms with van der Waals surface area (Å²) < 4.78 is 0. The number of carbonyl (C=O) groups is 1. The number of rotatable bonds is 8. The number of benzene rings is 3. The Kier molecular flexibility index (Phi) is 9.95. The third kappa shape index (κ3) is 7.61. The highest BCUT2D eigenvalue weighted by Crippen LogP contribution is 2.31. The fourth-order valence-corrected chi connectivity index (χ4v) is 3.30. The normalized spacial score (nSPS) is 10.2. The zero-order valence-electron chi connectivity index (χ0n) is 16.1. The van der Waals surface area contributed by atoms with Gasteiger partial charge in [-0.1, -0.05) is 97.4 Å². The van der Waals surface area contributed by atoms with Crippen molar-refractivity contribution in [3.8, 4) is 0 Å². The van der Waals surface area contributed by atoms with E-state index in [2.05, 4.69) is 104 Å². The van der Waals surface area contributed by atoms with Gasteiger partial charge >= 0.3 is 5.97 Å². The molecule has 0 radical (unpaired) electrons. The molecular weight excluding hydrogens is 364 g/mol. The van der Waals surface area contributed by atoms with Crippen molar-refractivity contribution in [3.05, 3.63) is 108 Å².